The molecule has 0 spiro atoms. The highest BCUT2D eigenvalue weighted by Crippen LogP contribution is 2.28. The molecule has 0 atom stereocenters. The lowest BCUT2D eigenvalue weighted by Crippen LogP contribution is -2.19. The van der Waals surface area contributed by atoms with Crippen molar-refractivity contribution >= 4 is 29.7 Å². The Balaban J connectivity index is 1.89. The molecule has 0 saturated carbocycles. The van der Waals surface area contributed by atoms with Crippen LogP contribution in [0.1, 0.15) is 21.6 Å². The van der Waals surface area contributed by atoms with E-state index in [2.05, 4.69) is 15.5 Å². The fourth-order valence-corrected chi connectivity index (χ4v) is 2.82. The number of carbonyl (C=O) groups excluding carboxylic acids is 1. The highest BCUT2D eigenvalue weighted by atomic mass is 35.5. The van der Waals surface area contributed by atoms with Crippen molar-refractivity contribution in [1.29, 1.82) is 0 Å². The maximum atomic E-state index is 12.5. The van der Waals surface area contributed by atoms with E-state index < -0.39 is 5.91 Å². The molecule has 1 N–H and O–H groups in total. The van der Waals surface area contributed by atoms with E-state index in [-0.39, 0.29) is 10.8 Å². The molecule has 0 aliphatic heterocycles. The van der Waals surface area contributed by atoms with Gasteiger partial charge >= 0.3 is 0 Å². The zero-order valence-corrected chi connectivity index (χ0v) is 16.1. The molecule has 0 aliphatic carbocycles. The van der Waals surface area contributed by atoms with Gasteiger partial charge in [0.1, 0.15) is 5.15 Å². The Morgan fingerprint density at radius 2 is 1.81 bits per heavy atom. The van der Waals surface area contributed by atoms with Crippen LogP contribution in [0, 0.1) is 6.92 Å². The second kappa shape index (κ2) is 8.05. The fourth-order valence-electron chi connectivity index (χ4n) is 2.51. The van der Waals surface area contributed by atoms with Crippen molar-refractivity contribution in [3.63, 3.8) is 0 Å². The number of nitrogens with one attached hydrogen (secondary N) is 1. The normalized spacial score (nSPS) is 11.0. The average Bonchev–Trinajstić information content (AvgIpc) is 3.01. The number of anilines is 1. The largest absolute Gasteiger partial charge is 0.348 e. The van der Waals surface area contributed by atoms with Crippen LogP contribution in [-0.4, -0.2) is 35.8 Å². The summed E-state index contributed by atoms with van der Waals surface area (Å²) in [4.78, 5) is 18.7. The number of aromatic nitrogens is 2. The van der Waals surface area contributed by atoms with Gasteiger partial charge in [-0.1, -0.05) is 59.6 Å². The molecular weight excluding hydrogens is 362 g/mol. The maximum Gasteiger partial charge on any atom is 0.293 e. The van der Waals surface area contributed by atoms with E-state index in [4.69, 9.17) is 11.6 Å². The zero-order valence-electron chi connectivity index (χ0n) is 15.3. The molecule has 0 unspecified atom stereocenters. The Morgan fingerprint density at radius 3 is 2.44 bits per heavy atom. The van der Waals surface area contributed by atoms with Crippen LogP contribution in [0.4, 0.5) is 5.95 Å². The van der Waals surface area contributed by atoms with Crippen LogP contribution >= 0.6 is 11.6 Å². The lowest BCUT2D eigenvalue weighted by Gasteiger charge is -2.15. The Hall–Kier alpha value is -3.12. The number of aryl methyl sites for hydroxylation is 1. The van der Waals surface area contributed by atoms with Gasteiger partial charge in [0.2, 0.25) is 5.95 Å². The first-order valence-corrected chi connectivity index (χ1v) is 8.76. The minimum Gasteiger partial charge on any atom is -0.348 e. The standard InChI is InChI=1S/C20H20ClN5O/c1-14-9-11-16(12-10-14)26-18(21)17(23-20(26)25(2)3)19(27)24-22-13-15-7-5-4-6-8-15/h4-13H,1-3H3,(H,24,27)/b22-13+. The minimum absolute atomic E-state index is 0.117. The van der Waals surface area contributed by atoms with Gasteiger partial charge in [-0.25, -0.2) is 10.4 Å². The molecule has 0 bridgehead atoms. The molecule has 1 amide bonds. The summed E-state index contributed by atoms with van der Waals surface area (Å²) in [6.07, 6.45) is 1.57. The maximum absolute atomic E-state index is 12.5. The molecule has 1 aromatic heterocycles. The number of hydrazone groups is 1. The third-order valence-corrected chi connectivity index (χ3v) is 4.24. The molecule has 3 aromatic rings. The van der Waals surface area contributed by atoms with Gasteiger partial charge < -0.3 is 4.90 Å². The van der Waals surface area contributed by atoms with Crippen molar-refractivity contribution in [2.75, 3.05) is 19.0 Å². The van der Waals surface area contributed by atoms with E-state index in [0.717, 1.165) is 16.8 Å². The van der Waals surface area contributed by atoms with Gasteiger partial charge in [-0.15, -0.1) is 0 Å². The van der Waals surface area contributed by atoms with Gasteiger partial charge in [-0.3, -0.25) is 9.36 Å². The summed E-state index contributed by atoms with van der Waals surface area (Å²) in [6.45, 7) is 2.01. The van der Waals surface area contributed by atoms with Gasteiger partial charge in [0.25, 0.3) is 5.91 Å². The van der Waals surface area contributed by atoms with Crippen LogP contribution in [0.5, 0.6) is 0 Å². The molecule has 0 fully saturated rings. The predicted molar refractivity (Wildman–Crippen MR) is 109 cm³/mol. The number of hydrogen-bond acceptors (Lipinski definition) is 4. The monoisotopic (exact) mass is 381 g/mol. The number of hydrogen-bond donors (Lipinski definition) is 1. The van der Waals surface area contributed by atoms with E-state index in [1.807, 2.05) is 75.6 Å². The number of benzene rings is 2. The average molecular weight is 382 g/mol. The number of nitrogens with zero attached hydrogens (tertiary/aromatic N) is 4. The van der Waals surface area contributed by atoms with E-state index in [1.54, 1.807) is 15.7 Å². The summed E-state index contributed by atoms with van der Waals surface area (Å²) in [7, 11) is 3.69. The third-order valence-electron chi connectivity index (χ3n) is 3.89. The van der Waals surface area contributed by atoms with Crippen molar-refractivity contribution in [2.24, 2.45) is 5.10 Å². The summed E-state index contributed by atoms with van der Waals surface area (Å²) in [5.74, 6) is 0.0854. The molecule has 27 heavy (non-hydrogen) atoms. The Labute approximate surface area is 163 Å². The first-order chi connectivity index (χ1) is 13.0. The lowest BCUT2D eigenvalue weighted by molar-refractivity contribution is 0.0951. The molecule has 2 aromatic carbocycles. The van der Waals surface area contributed by atoms with E-state index >= 15 is 0 Å². The van der Waals surface area contributed by atoms with Crippen LogP contribution in [-0.2, 0) is 0 Å². The van der Waals surface area contributed by atoms with Crippen LogP contribution in [0.3, 0.4) is 0 Å². The van der Waals surface area contributed by atoms with Gasteiger partial charge in [0, 0.05) is 14.1 Å². The highest BCUT2D eigenvalue weighted by Gasteiger charge is 2.23. The molecule has 0 radical (unpaired) electrons. The zero-order chi connectivity index (χ0) is 19.4. The second-order valence-corrected chi connectivity index (χ2v) is 6.58. The van der Waals surface area contributed by atoms with Crippen molar-refractivity contribution in [1.82, 2.24) is 15.0 Å². The number of halogens is 1. The molecular formula is C20H20ClN5O. The van der Waals surface area contributed by atoms with Crippen molar-refractivity contribution in [3.8, 4) is 5.69 Å². The topological polar surface area (TPSA) is 62.5 Å². The summed E-state index contributed by atoms with van der Waals surface area (Å²) in [5.41, 5.74) is 5.44. The SMILES string of the molecule is Cc1ccc(-n2c(N(C)C)nc(C(=O)N/N=C/c3ccccc3)c2Cl)cc1. The molecule has 6 nitrogen and oxygen atoms in total. The molecule has 1 heterocycles. The van der Waals surface area contributed by atoms with E-state index in [1.165, 1.54) is 0 Å². The van der Waals surface area contributed by atoms with E-state index in [0.29, 0.717) is 5.95 Å². The first-order valence-electron chi connectivity index (χ1n) is 8.38. The summed E-state index contributed by atoms with van der Waals surface area (Å²) >= 11 is 6.50. The van der Waals surface area contributed by atoms with Crippen LogP contribution in [0.25, 0.3) is 5.69 Å². The number of amides is 1. The van der Waals surface area contributed by atoms with Gasteiger partial charge in [-0.05, 0) is 24.6 Å². The number of rotatable bonds is 5. The number of carbonyl (C=O) groups is 1. The Kier molecular flexibility index (Phi) is 5.57. The fraction of sp³-hybridized carbons (Fsp3) is 0.150. The minimum atomic E-state index is -0.471. The van der Waals surface area contributed by atoms with Crippen LogP contribution < -0.4 is 10.3 Å². The quantitative estimate of drug-likeness (QED) is 0.542. The van der Waals surface area contributed by atoms with Crippen LogP contribution in [0.15, 0.2) is 59.7 Å². The van der Waals surface area contributed by atoms with Crippen LogP contribution in [0.2, 0.25) is 5.15 Å². The summed E-state index contributed by atoms with van der Waals surface area (Å²) in [5, 5.41) is 4.21. The van der Waals surface area contributed by atoms with Gasteiger partial charge in [-0.2, -0.15) is 5.10 Å². The van der Waals surface area contributed by atoms with Crippen molar-refractivity contribution in [3.05, 3.63) is 76.6 Å². The third kappa shape index (κ3) is 4.17. The highest BCUT2D eigenvalue weighted by molar-refractivity contribution is 6.33. The number of imidazole rings is 1. The Bertz CT molecular complexity index is 962. The second-order valence-electron chi connectivity index (χ2n) is 6.23. The predicted octanol–water partition coefficient (Wildman–Crippen LogP) is 3.66. The molecule has 0 saturated heterocycles. The van der Waals surface area contributed by atoms with Gasteiger partial charge in [0.15, 0.2) is 5.69 Å². The smallest absolute Gasteiger partial charge is 0.293 e. The molecule has 3 rings (SSSR count). The summed E-state index contributed by atoms with van der Waals surface area (Å²) in [6, 6.07) is 17.3. The molecule has 7 heteroatoms. The first kappa shape index (κ1) is 18.7. The molecule has 138 valence electrons. The van der Waals surface area contributed by atoms with E-state index in [9.17, 15) is 4.79 Å². The van der Waals surface area contributed by atoms with Crippen molar-refractivity contribution < 1.29 is 4.79 Å². The lowest BCUT2D eigenvalue weighted by atomic mass is 10.2. The summed E-state index contributed by atoms with van der Waals surface area (Å²) < 4.78 is 1.73. The van der Waals surface area contributed by atoms with Gasteiger partial charge in [0.05, 0.1) is 11.9 Å². The Morgan fingerprint density at radius 1 is 1.15 bits per heavy atom. The van der Waals surface area contributed by atoms with Crippen molar-refractivity contribution in [2.45, 2.75) is 6.92 Å². The molecule has 0 aliphatic rings.